The molecule has 1 aliphatic heterocycles. The van der Waals surface area contributed by atoms with Crippen LogP contribution in [0, 0.1) is 11.8 Å². The van der Waals surface area contributed by atoms with Gasteiger partial charge in [0.2, 0.25) is 5.91 Å². The maximum absolute atomic E-state index is 13.9. The largest absolute Gasteiger partial charge is 0.496 e. The molecule has 0 radical (unpaired) electrons. The van der Waals surface area contributed by atoms with Crippen LogP contribution < -0.4 is 9.47 Å². The van der Waals surface area contributed by atoms with Gasteiger partial charge in [-0.3, -0.25) is 4.79 Å². The van der Waals surface area contributed by atoms with E-state index in [-0.39, 0.29) is 23.2 Å². The molecule has 202 valence electrons. The van der Waals surface area contributed by atoms with Crippen LogP contribution in [-0.4, -0.2) is 38.1 Å². The van der Waals surface area contributed by atoms with Gasteiger partial charge in [0, 0.05) is 35.5 Å². The van der Waals surface area contributed by atoms with E-state index in [9.17, 15) is 4.79 Å². The molecular weight excluding hydrogens is 494 g/mol. The number of allylic oxidation sites excluding steroid dienone is 1. The minimum Gasteiger partial charge on any atom is -0.496 e. The molecule has 1 heterocycles. The molecule has 1 aliphatic carbocycles. The molecule has 0 aromatic heterocycles. The molecule has 1 amide bonds. The molecule has 0 bridgehead atoms. The van der Waals surface area contributed by atoms with Crippen molar-refractivity contribution >= 4 is 11.5 Å². The number of rotatable bonds is 7. The fourth-order valence-electron chi connectivity index (χ4n) is 7.01. The van der Waals surface area contributed by atoms with Crippen LogP contribution >= 0.6 is 0 Å². The number of para-hydroxylation sites is 2. The topological polar surface area (TPSA) is 38.8 Å². The molecule has 4 nitrogen and oxygen atoms in total. The maximum Gasteiger partial charge on any atom is 0.227 e. The van der Waals surface area contributed by atoms with Gasteiger partial charge in [0.25, 0.3) is 0 Å². The molecule has 4 heteroatoms. The lowest BCUT2D eigenvalue weighted by atomic mass is 9.56. The van der Waals surface area contributed by atoms with Crippen molar-refractivity contribution in [3.8, 4) is 11.5 Å². The number of ether oxygens (including phenoxy) is 2. The molecule has 0 unspecified atom stereocenters. The van der Waals surface area contributed by atoms with Gasteiger partial charge in [0.15, 0.2) is 0 Å². The Bertz CT molecular complexity index is 1470. The fraction of sp³-hybridized carbons (Fsp3) is 0.250. The predicted molar refractivity (Wildman–Crippen MR) is 160 cm³/mol. The molecule has 6 rings (SSSR count). The van der Waals surface area contributed by atoms with Gasteiger partial charge in [0.05, 0.1) is 20.6 Å². The fourth-order valence-corrected chi connectivity index (χ4v) is 7.01. The number of carbonyl (C=O) groups is 1. The zero-order valence-corrected chi connectivity index (χ0v) is 23.1. The standard InChI is InChI=1S/C36H35NO3/c1-39-33-19-11-9-13-26(33)23-35(38)37-24-31-29(30-18-10-12-20-34(30)40-2)21-22-36(32(31)25-37,27-14-5-3-6-15-27)28-16-7-4-8-17-28/h3-21,31-32H,22-25H2,1-2H3/t31-,32-/m0/s1. The van der Waals surface area contributed by atoms with Crippen LogP contribution in [0.4, 0.5) is 0 Å². The van der Waals surface area contributed by atoms with Gasteiger partial charge in [-0.05, 0) is 41.2 Å². The summed E-state index contributed by atoms with van der Waals surface area (Å²) in [5.41, 5.74) is 5.66. The molecule has 0 spiro atoms. The Hall–Kier alpha value is -4.31. The van der Waals surface area contributed by atoms with Gasteiger partial charge in [-0.15, -0.1) is 0 Å². The Balaban J connectivity index is 1.46. The van der Waals surface area contributed by atoms with E-state index in [1.54, 1.807) is 14.2 Å². The average Bonchev–Trinajstić information content (AvgIpc) is 3.48. The molecule has 4 aromatic rings. The molecule has 2 atom stereocenters. The quantitative estimate of drug-likeness (QED) is 0.264. The van der Waals surface area contributed by atoms with Gasteiger partial charge in [0.1, 0.15) is 11.5 Å². The number of carbonyl (C=O) groups excluding carboxylic acids is 1. The zero-order valence-electron chi connectivity index (χ0n) is 23.1. The Morgan fingerprint density at radius 1 is 0.750 bits per heavy atom. The average molecular weight is 530 g/mol. The molecule has 1 fully saturated rings. The zero-order chi connectivity index (χ0) is 27.5. The third-order valence-corrected chi connectivity index (χ3v) is 8.88. The summed E-state index contributed by atoms with van der Waals surface area (Å²) in [4.78, 5) is 16.0. The van der Waals surface area contributed by atoms with E-state index in [4.69, 9.17) is 9.47 Å². The minimum absolute atomic E-state index is 0.133. The van der Waals surface area contributed by atoms with Crippen molar-refractivity contribution in [3.63, 3.8) is 0 Å². The van der Waals surface area contributed by atoms with E-state index in [2.05, 4.69) is 83.8 Å². The number of hydrogen-bond acceptors (Lipinski definition) is 3. The minimum atomic E-state index is -0.252. The highest BCUT2D eigenvalue weighted by molar-refractivity contribution is 5.82. The van der Waals surface area contributed by atoms with Crippen molar-refractivity contribution in [3.05, 3.63) is 138 Å². The number of nitrogens with zero attached hydrogens (tertiary/aromatic N) is 1. The summed E-state index contributed by atoms with van der Waals surface area (Å²) in [7, 11) is 3.39. The van der Waals surface area contributed by atoms with Crippen molar-refractivity contribution in [2.75, 3.05) is 27.3 Å². The van der Waals surface area contributed by atoms with E-state index < -0.39 is 0 Å². The van der Waals surface area contributed by atoms with Gasteiger partial charge >= 0.3 is 0 Å². The second kappa shape index (κ2) is 11.1. The number of methoxy groups -OCH3 is 2. The maximum atomic E-state index is 13.9. The molecule has 2 aliphatic rings. The van der Waals surface area contributed by atoms with Crippen LogP contribution in [0.1, 0.15) is 28.7 Å². The number of benzene rings is 4. The monoisotopic (exact) mass is 529 g/mol. The van der Waals surface area contributed by atoms with Crippen molar-refractivity contribution in [2.45, 2.75) is 18.3 Å². The second-order valence-electron chi connectivity index (χ2n) is 10.8. The SMILES string of the molecule is COc1ccccc1CC(=O)N1C[C@H]2C(c3ccccc3OC)=CCC(c3ccccc3)(c3ccccc3)[C@H]2C1. The highest BCUT2D eigenvalue weighted by Crippen LogP contribution is 2.55. The van der Waals surface area contributed by atoms with Crippen LogP contribution in [0.5, 0.6) is 11.5 Å². The highest BCUT2D eigenvalue weighted by Gasteiger charge is 2.53. The smallest absolute Gasteiger partial charge is 0.227 e. The van der Waals surface area contributed by atoms with Crippen LogP contribution in [0.25, 0.3) is 5.57 Å². The Morgan fingerprint density at radius 3 is 1.98 bits per heavy atom. The Morgan fingerprint density at radius 2 is 1.32 bits per heavy atom. The van der Waals surface area contributed by atoms with Crippen LogP contribution in [0.15, 0.2) is 115 Å². The Kier molecular flexibility index (Phi) is 7.17. The molecule has 0 N–H and O–H groups in total. The molecule has 0 saturated carbocycles. The summed E-state index contributed by atoms with van der Waals surface area (Å²) in [5.74, 6) is 2.12. The summed E-state index contributed by atoms with van der Waals surface area (Å²) in [6.45, 7) is 1.36. The second-order valence-corrected chi connectivity index (χ2v) is 10.8. The van der Waals surface area contributed by atoms with E-state index in [0.717, 1.165) is 29.0 Å². The predicted octanol–water partition coefficient (Wildman–Crippen LogP) is 6.79. The van der Waals surface area contributed by atoms with Gasteiger partial charge < -0.3 is 14.4 Å². The summed E-state index contributed by atoms with van der Waals surface area (Å²) >= 11 is 0. The van der Waals surface area contributed by atoms with Crippen LogP contribution in [0.3, 0.4) is 0 Å². The first-order valence-electron chi connectivity index (χ1n) is 14.0. The lowest BCUT2D eigenvalue weighted by molar-refractivity contribution is -0.129. The first-order valence-corrected chi connectivity index (χ1v) is 14.0. The first-order chi connectivity index (χ1) is 19.7. The lowest BCUT2D eigenvalue weighted by Crippen LogP contribution is -2.43. The Labute approximate surface area is 236 Å². The summed E-state index contributed by atoms with van der Waals surface area (Å²) in [5, 5.41) is 0. The molecular formula is C36H35NO3. The van der Waals surface area contributed by atoms with Crippen molar-refractivity contribution in [2.24, 2.45) is 11.8 Å². The van der Waals surface area contributed by atoms with Gasteiger partial charge in [-0.25, -0.2) is 0 Å². The van der Waals surface area contributed by atoms with Gasteiger partial charge in [-0.1, -0.05) is 103 Å². The van der Waals surface area contributed by atoms with E-state index >= 15 is 0 Å². The summed E-state index contributed by atoms with van der Waals surface area (Å²) < 4.78 is 11.4. The van der Waals surface area contributed by atoms with Crippen LogP contribution in [-0.2, 0) is 16.6 Å². The van der Waals surface area contributed by atoms with Crippen molar-refractivity contribution in [1.82, 2.24) is 4.90 Å². The van der Waals surface area contributed by atoms with E-state index in [1.165, 1.54) is 16.7 Å². The number of hydrogen-bond donors (Lipinski definition) is 0. The summed E-state index contributed by atoms with van der Waals surface area (Å²) in [6, 6.07) is 37.8. The molecule has 40 heavy (non-hydrogen) atoms. The van der Waals surface area contributed by atoms with E-state index in [0.29, 0.717) is 19.5 Å². The molecule has 4 aromatic carbocycles. The van der Waals surface area contributed by atoms with Gasteiger partial charge in [-0.2, -0.15) is 0 Å². The van der Waals surface area contributed by atoms with Crippen LogP contribution in [0.2, 0.25) is 0 Å². The van der Waals surface area contributed by atoms with Crippen molar-refractivity contribution in [1.29, 1.82) is 0 Å². The summed E-state index contributed by atoms with van der Waals surface area (Å²) in [6.07, 6.45) is 3.58. The highest BCUT2D eigenvalue weighted by atomic mass is 16.5. The third-order valence-electron chi connectivity index (χ3n) is 8.88. The normalized spacial score (nSPS) is 19.4. The van der Waals surface area contributed by atoms with Crippen molar-refractivity contribution < 1.29 is 14.3 Å². The molecule has 1 saturated heterocycles. The third kappa shape index (κ3) is 4.48. The first kappa shape index (κ1) is 25.9. The number of amides is 1. The lowest BCUT2D eigenvalue weighted by Gasteiger charge is -2.46. The van der Waals surface area contributed by atoms with E-state index in [1.807, 2.05) is 36.4 Å². The number of likely N-dealkylation sites (tertiary alicyclic amines) is 1. The number of fused-ring (bicyclic) bond motifs is 1.